The van der Waals surface area contributed by atoms with Gasteiger partial charge in [0.25, 0.3) is 5.91 Å². The van der Waals surface area contributed by atoms with Gasteiger partial charge in [-0.05, 0) is 79.6 Å². The van der Waals surface area contributed by atoms with E-state index in [1.807, 2.05) is 0 Å². The second kappa shape index (κ2) is 12.6. The molecule has 1 saturated heterocycles. The zero-order valence-electron chi connectivity index (χ0n) is 19.3. The Morgan fingerprint density at radius 2 is 1.79 bits per heavy atom. The fraction of sp³-hybridized carbons (Fsp3) is 0.370. The third-order valence-corrected chi connectivity index (χ3v) is 5.58. The lowest BCUT2D eigenvalue weighted by Crippen LogP contribution is -2.23. The van der Waals surface area contributed by atoms with Crippen LogP contribution in [0.1, 0.15) is 31.2 Å². The summed E-state index contributed by atoms with van der Waals surface area (Å²) in [7, 11) is 1.50. The van der Waals surface area contributed by atoms with E-state index in [0.717, 1.165) is 23.8 Å². The molecule has 0 aromatic heterocycles. The number of hydrogen-bond acceptors (Lipinski definition) is 5. The molecular formula is C27H34N2O4. The summed E-state index contributed by atoms with van der Waals surface area (Å²) in [6, 6.07) is 15.2. The standard InChI is InChI=1S/C14H19NO.C13H15NO3/c1-2-10-15(9-1)13-5-7-14(8-6-13)16-11-12-3-4-12;1-10(7-8-17-2)13(16)14-9-11-3-5-12(15)6-4-11/h5-8,12H,1-4,9-11H2;3-8,15H,1,9H2,2H3,(H,14,16)/b;8-7-. The summed E-state index contributed by atoms with van der Waals surface area (Å²) in [5, 5.41) is 11.8. The molecule has 2 aliphatic rings. The van der Waals surface area contributed by atoms with Crippen molar-refractivity contribution in [2.75, 3.05) is 31.7 Å². The second-order valence-corrected chi connectivity index (χ2v) is 8.36. The van der Waals surface area contributed by atoms with Crippen LogP contribution in [0.4, 0.5) is 5.69 Å². The van der Waals surface area contributed by atoms with Crippen molar-refractivity contribution in [1.82, 2.24) is 5.32 Å². The quantitative estimate of drug-likeness (QED) is 0.326. The average molecular weight is 451 g/mol. The molecule has 4 rings (SSSR count). The molecule has 0 atom stereocenters. The monoisotopic (exact) mass is 450 g/mol. The number of hydrogen-bond donors (Lipinski definition) is 2. The van der Waals surface area contributed by atoms with Crippen molar-refractivity contribution in [3.63, 3.8) is 0 Å². The van der Waals surface area contributed by atoms with Crippen LogP contribution < -0.4 is 15.0 Å². The predicted octanol–water partition coefficient (Wildman–Crippen LogP) is 4.80. The number of benzene rings is 2. The maximum absolute atomic E-state index is 11.5. The van der Waals surface area contributed by atoms with Crippen LogP contribution in [0.2, 0.25) is 0 Å². The second-order valence-electron chi connectivity index (χ2n) is 8.36. The molecule has 1 aliphatic heterocycles. The van der Waals surface area contributed by atoms with Gasteiger partial charge in [0.2, 0.25) is 0 Å². The first kappa shape index (κ1) is 24.2. The van der Waals surface area contributed by atoms with E-state index in [2.05, 4.69) is 45.8 Å². The summed E-state index contributed by atoms with van der Waals surface area (Å²) in [4.78, 5) is 14.0. The minimum Gasteiger partial charge on any atom is -0.508 e. The first-order valence-electron chi connectivity index (χ1n) is 11.5. The number of anilines is 1. The third-order valence-electron chi connectivity index (χ3n) is 5.58. The van der Waals surface area contributed by atoms with Crippen molar-refractivity contribution in [3.05, 3.63) is 78.6 Å². The smallest absolute Gasteiger partial charge is 0.251 e. The summed E-state index contributed by atoms with van der Waals surface area (Å²) in [5.74, 6) is 1.80. The molecule has 6 heteroatoms. The number of aromatic hydroxyl groups is 1. The van der Waals surface area contributed by atoms with Crippen molar-refractivity contribution < 1.29 is 19.4 Å². The van der Waals surface area contributed by atoms with Gasteiger partial charge in [0.1, 0.15) is 11.5 Å². The summed E-state index contributed by atoms with van der Waals surface area (Å²) in [6.07, 6.45) is 8.26. The molecule has 2 fully saturated rings. The highest BCUT2D eigenvalue weighted by Gasteiger charge is 2.21. The van der Waals surface area contributed by atoms with E-state index in [1.165, 1.54) is 63.9 Å². The topological polar surface area (TPSA) is 71.0 Å². The molecule has 2 aromatic carbocycles. The van der Waals surface area contributed by atoms with Gasteiger partial charge in [0.15, 0.2) is 0 Å². The lowest BCUT2D eigenvalue weighted by atomic mass is 10.2. The van der Waals surface area contributed by atoms with Crippen LogP contribution in [0.15, 0.2) is 73.0 Å². The lowest BCUT2D eigenvalue weighted by Gasteiger charge is -2.17. The number of amides is 1. The molecule has 1 amide bonds. The normalized spacial score (nSPS) is 15.0. The van der Waals surface area contributed by atoms with E-state index in [9.17, 15) is 4.79 Å². The Kier molecular flexibility index (Phi) is 9.24. The Morgan fingerprint density at radius 3 is 2.39 bits per heavy atom. The molecule has 1 aliphatic carbocycles. The summed E-state index contributed by atoms with van der Waals surface area (Å²) < 4.78 is 10.4. The minimum absolute atomic E-state index is 0.201. The fourth-order valence-electron chi connectivity index (χ4n) is 3.36. The molecule has 1 saturated carbocycles. The highest BCUT2D eigenvalue weighted by atomic mass is 16.5. The highest BCUT2D eigenvalue weighted by molar-refractivity contribution is 5.95. The van der Waals surface area contributed by atoms with Gasteiger partial charge in [-0.15, -0.1) is 0 Å². The molecule has 0 radical (unpaired) electrons. The number of rotatable bonds is 9. The molecule has 33 heavy (non-hydrogen) atoms. The average Bonchev–Trinajstić information content (AvgIpc) is 3.52. The number of nitrogens with one attached hydrogen (secondary N) is 1. The van der Waals surface area contributed by atoms with Crippen LogP contribution in [0.5, 0.6) is 11.5 Å². The van der Waals surface area contributed by atoms with Crippen LogP contribution in [-0.4, -0.2) is 37.8 Å². The fourth-order valence-corrected chi connectivity index (χ4v) is 3.36. The summed E-state index contributed by atoms with van der Waals surface area (Å²) in [5.41, 5.74) is 2.57. The maximum atomic E-state index is 11.5. The third kappa shape index (κ3) is 8.56. The zero-order chi connectivity index (χ0) is 23.5. The van der Waals surface area contributed by atoms with E-state index >= 15 is 0 Å². The number of ether oxygens (including phenoxy) is 2. The number of phenolic OH excluding ortho intramolecular Hbond substituents is 1. The summed E-state index contributed by atoms with van der Waals surface area (Å²) in [6.45, 7) is 7.31. The van der Waals surface area contributed by atoms with Gasteiger partial charge >= 0.3 is 0 Å². The summed E-state index contributed by atoms with van der Waals surface area (Å²) >= 11 is 0. The number of carbonyl (C=O) groups excluding carboxylic acids is 1. The van der Waals surface area contributed by atoms with Crippen LogP contribution in [0.3, 0.4) is 0 Å². The number of carbonyl (C=O) groups is 1. The molecule has 2 aromatic rings. The molecule has 176 valence electrons. The van der Waals surface area contributed by atoms with E-state index in [4.69, 9.17) is 9.84 Å². The number of phenols is 1. The molecule has 2 N–H and O–H groups in total. The Morgan fingerprint density at radius 1 is 1.12 bits per heavy atom. The van der Waals surface area contributed by atoms with Gasteiger partial charge in [-0.2, -0.15) is 0 Å². The highest BCUT2D eigenvalue weighted by Crippen LogP contribution is 2.30. The Hall–Kier alpha value is -3.41. The van der Waals surface area contributed by atoms with Crippen LogP contribution in [0, 0.1) is 5.92 Å². The molecule has 0 spiro atoms. The van der Waals surface area contributed by atoms with Gasteiger partial charge in [-0.1, -0.05) is 18.7 Å². The van der Waals surface area contributed by atoms with E-state index in [-0.39, 0.29) is 11.7 Å². The number of nitrogens with zero attached hydrogens (tertiary/aromatic N) is 1. The van der Waals surface area contributed by atoms with E-state index in [1.54, 1.807) is 24.3 Å². The molecule has 1 heterocycles. The van der Waals surface area contributed by atoms with E-state index < -0.39 is 0 Å². The zero-order valence-corrected chi connectivity index (χ0v) is 19.3. The van der Waals surface area contributed by atoms with Gasteiger partial charge in [0, 0.05) is 30.9 Å². The predicted molar refractivity (Wildman–Crippen MR) is 131 cm³/mol. The molecule has 0 unspecified atom stereocenters. The van der Waals surface area contributed by atoms with Gasteiger partial charge < -0.3 is 24.8 Å². The Balaban J connectivity index is 0.000000186. The van der Waals surface area contributed by atoms with Crippen molar-refractivity contribution in [2.45, 2.75) is 32.2 Å². The van der Waals surface area contributed by atoms with Crippen molar-refractivity contribution in [3.8, 4) is 11.5 Å². The van der Waals surface area contributed by atoms with Crippen molar-refractivity contribution >= 4 is 11.6 Å². The SMILES string of the molecule is C=C(/C=C\OC)C(=O)NCc1ccc(O)cc1.c1cc(N2CCCC2)ccc1OCC1CC1. The van der Waals surface area contributed by atoms with Gasteiger partial charge in [0.05, 0.1) is 20.0 Å². The van der Waals surface area contributed by atoms with Gasteiger partial charge in [-0.3, -0.25) is 4.79 Å². The maximum Gasteiger partial charge on any atom is 0.251 e. The van der Waals surface area contributed by atoms with Crippen molar-refractivity contribution in [1.29, 1.82) is 0 Å². The Bertz CT molecular complexity index is 912. The largest absolute Gasteiger partial charge is 0.508 e. The molecule has 0 bridgehead atoms. The minimum atomic E-state index is -0.258. The van der Waals surface area contributed by atoms with Crippen LogP contribution in [-0.2, 0) is 16.1 Å². The van der Waals surface area contributed by atoms with Gasteiger partial charge in [-0.25, -0.2) is 0 Å². The first-order valence-corrected chi connectivity index (χ1v) is 11.5. The molecular weight excluding hydrogens is 416 g/mol. The molecule has 6 nitrogen and oxygen atoms in total. The van der Waals surface area contributed by atoms with Crippen molar-refractivity contribution in [2.24, 2.45) is 5.92 Å². The number of methoxy groups -OCH3 is 1. The lowest BCUT2D eigenvalue weighted by molar-refractivity contribution is -0.117. The Labute approximate surface area is 196 Å². The van der Waals surface area contributed by atoms with E-state index in [0.29, 0.717) is 12.1 Å². The van der Waals surface area contributed by atoms with Crippen LogP contribution in [0.25, 0.3) is 0 Å². The van der Waals surface area contributed by atoms with Crippen LogP contribution >= 0.6 is 0 Å². The first-order chi connectivity index (χ1) is 16.0.